The summed E-state index contributed by atoms with van der Waals surface area (Å²) in [7, 11) is 0. The molecule has 1 aliphatic rings. The SMILES string of the molecule is N=C(N)N1Cc2c(-c3ccc(-c4cc(C(F)(F)F)cc(C(F)(F)F)c4)cc3)cc3ccccc3c2-c2c(c(-c3ccc(-c4cc(C(F)(F)F)cc(C(F)(F)F)c4)cc3)cc3ccccc23)C1. The number of hydrogen-bond acceptors (Lipinski definition) is 1. The molecule has 1 heterocycles. The predicted molar refractivity (Wildman–Crippen MR) is 230 cm³/mol. The van der Waals surface area contributed by atoms with Crippen LogP contribution in [-0.4, -0.2) is 10.9 Å². The van der Waals surface area contributed by atoms with Gasteiger partial charge in [0.1, 0.15) is 0 Å². The van der Waals surface area contributed by atoms with Gasteiger partial charge in [-0.1, -0.05) is 97.1 Å². The Labute approximate surface area is 367 Å². The van der Waals surface area contributed by atoms with Gasteiger partial charge in [-0.05, 0) is 137 Å². The number of hydrogen-bond donors (Lipinski definition) is 2. The summed E-state index contributed by atoms with van der Waals surface area (Å²) in [4.78, 5) is 1.63. The number of guanidine groups is 1. The average molecular weight is 914 g/mol. The van der Waals surface area contributed by atoms with Crippen LogP contribution in [0.15, 0.2) is 146 Å². The molecule has 0 fully saturated rings. The van der Waals surface area contributed by atoms with Crippen molar-refractivity contribution in [2.75, 3.05) is 0 Å². The van der Waals surface area contributed by atoms with Gasteiger partial charge >= 0.3 is 24.7 Å². The van der Waals surface area contributed by atoms with Gasteiger partial charge in [-0.25, -0.2) is 0 Å². The molecule has 15 heteroatoms. The Balaban J connectivity index is 1.24. The fourth-order valence-electron chi connectivity index (χ4n) is 8.73. The van der Waals surface area contributed by atoms with Gasteiger partial charge in [0.25, 0.3) is 0 Å². The zero-order valence-electron chi connectivity index (χ0n) is 33.8. The van der Waals surface area contributed by atoms with E-state index in [0.717, 1.165) is 32.7 Å². The van der Waals surface area contributed by atoms with Crippen molar-refractivity contribution in [1.82, 2.24) is 4.90 Å². The third-order valence-electron chi connectivity index (χ3n) is 11.8. The fourth-order valence-corrected chi connectivity index (χ4v) is 8.73. The number of nitrogens with one attached hydrogen (secondary N) is 1. The molecule has 0 saturated heterocycles. The van der Waals surface area contributed by atoms with Crippen LogP contribution in [0.3, 0.4) is 0 Å². The van der Waals surface area contributed by atoms with E-state index in [4.69, 9.17) is 11.1 Å². The molecule has 8 aromatic carbocycles. The molecule has 0 atom stereocenters. The highest BCUT2D eigenvalue weighted by Crippen LogP contribution is 2.49. The molecule has 0 amide bonds. The molecule has 0 spiro atoms. The fraction of sp³-hybridized carbons (Fsp3) is 0.118. The highest BCUT2D eigenvalue weighted by molar-refractivity contribution is 6.12. The van der Waals surface area contributed by atoms with Crippen LogP contribution in [0.4, 0.5) is 52.7 Å². The first kappa shape index (κ1) is 43.9. The van der Waals surface area contributed by atoms with Crippen molar-refractivity contribution in [2.45, 2.75) is 37.8 Å². The number of nitrogens with two attached hydrogens (primary N) is 1. The lowest BCUT2D eigenvalue weighted by Crippen LogP contribution is -2.35. The lowest BCUT2D eigenvalue weighted by Gasteiger charge is -2.24. The number of rotatable bonds is 4. The smallest absolute Gasteiger partial charge is 0.370 e. The number of alkyl halides is 12. The maximum absolute atomic E-state index is 13.8. The van der Waals surface area contributed by atoms with Gasteiger partial charge in [-0.2, -0.15) is 52.7 Å². The van der Waals surface area contributed by atoms with Crippen molar-refractivity contribution in [2.24, 2.45) is 5.73 Å². The molecule has 334 valence electrons. The third-order valence-corrected chi connectivity index (χ3v) is 11.8. The van der Waals surface area contributed by atoms with Crippen molar-refractivity contribution in [3.63, 3.8) is 0 Å². The van der Waals surface area contributed by atoms with Crippen LogP contribution in [0, 0.1) is 5.41 Å². The van der Waals surface area contributed by atoms with Gasteiger partial charge in [-0.3, -0.25) is 5.41 Å². The molecule has 9 rings (SSSR count). The highest BCUT2D eigenvalue weighted by atomic mass is 19.4. The summed E-state index contributed by atoms with van der Waals surface area (Å²) in [6.07, 6.45) is -20.2. The summed E-state index contributed by atoms with van der Waals surface area (Å²) in [5.74, 6) is -0.298. The van der Waals surface area contributed by atoms with E-state index < -0.39 is 47.0 Å². The van der Waals surface area contributed by atoms with Gasteiger partial charge in [0.15, 0.2) is 5.96 Å². The number of fused-ring (bicyclic) bond motifs is 7. The van der Waals surface area contributed by atoms with E-state index in [2.05, 4.69) is 0 Å². The second kappa shape index (κ2) is 15.7. The van der Waals surface area contributed by atoms with Gasteiger partial charge < -0.3 is 10.6 Å². The van der Waals surface area contributed by atoms with Gasteiger partial charge in [0.2, 0.25) is 0 Å². The summed E-state index contributed by atoms with van der Waals surface area (Å²) in [6.45, 7) is 0.154. The Morgan fingerprint density at radius 2 is 0.697 bits per heavy atom. The highest BCUT2D eigenvalue weighted by Gasteiger charge is 2.39. The lowest BCUT2D eigenvalue weighted by molar-refractivity contribution is -0.144. The lowest BCUT2D eigenvalue weighted by atomic mass is 9.82. The monoisotopic (exact) mass is 913 g/mol. The number of halogens is 12. The van der Waals surface area contributed by atoms with E-state index in [1.165, 1.54) is 24.3 Å². The van der Waals surface area contributed by atoms with E-state index >= 15 is 0 Å². The Morgan fingerprint density at radius 3 is 1.00 bits per heavy atom. The Kier molecular flexibility index (Phi) is 10.5. The standard InChI is InChI=1S/C51H31F12N3/c52-48(53,54)35-17-33(18-36(23-35)49(55,56)57)27-9-13-29(14-10-27)41-21-31-5-1-3-7-39(31)45-43(41)25-66(47(64)65)26-44-42(22-32-6-2-4-8-40(32)46(44)45)30-15-11-28(12-16-30)34-19-37(50(58,59)60)24-38(20-34)51(61,62)63/h1-24H,25-26H2,(H3,64,65). The first-order valence-electron chi connectivity index (χ1n) is 20.0. The van der Waals surface area contributed by atoms with E-state index in [9.17, 15) is 52.7 Å². The Morgan fingerprint density at radius 1 is 0.394 bits per heavy atom. The normalized spacial score (nSPS) is 13.4. The molecule has 8 aromatic rings. The third kappa shape index (κ3) is 8.18. The molecule has 0 bridgehead atoms. The zero-order chi connectivity index (χ0) is 47.1. The first-order chi connectivity index (χ1) is 31.0. The Bertz CT molecular complexity index is 2940. The van der Waals surface area contributed by atoms with E-state index in [0.29, 0.717) is 57.6 Å². The van der Waals surface area contributed by atoms with E-state index in [1.54, 1.807) is 29.2 Å². The summed E-state index contributed by atoms with van der Waals surface area (Å²) < 4.78 is 165. The van der Waals surface area contributed by atoms with Crippen molar-refractivity contribution in [3.05, 3.63) is 179 Å². The van der Waals surface area contributed by atoms with Crippen molar-refractivity contribution < 1.29 is 52.7 Å². The van der Waals surface area contributed by atoms with Gasteiger partial charge in [-0.15, -0.1) is 0 Å². The molecule has 0 aliphatic carbocycles. The maximum Gasteiger partial charge on any atom is 0.416 e. The molecule has 3 nitrogen and oxygen atoms in total. The second-order valence-corrected chi connectivity index (χ2v) is 16.0. The van der Waals surface area contributed by atoms with Crippen LogP contribution in [0.1, 0.15) is 33.4 Å². The van der Waals surface area contributed by atoms with Gasteiger partial charge in [0, 0.05) is 13.1 Å². The van der Waals surface area contributed by atoms with Crippen LogP contribution in [0.2, 0.25) is 0 Å². The van der Waals surface area contributed by atoms with Crippen LogP contribution in [-0.2, 0) is 37.8 Å². The average Bonchev–Trinajstić information content (AvgIpc) is 3.46. The number of benzene rings is 8. The summed E-state index contributed by atoms with van der Waals surface area (Å²) in [5, 5.41) is 11.9. The van der Waals surface area contributed by atoms with Crippen molar-refractivity contribution in [1.29, 1.82) is 5.41 Å². The van der Waals surface area contributed by atoms with Crippen LogP contribution in [0.5, 0.6) is 0 Å². The summed E-state index contributed by atoms with van der Waals surface area (Å²) in [6, 6.07) is 33.9. The zero-order valence-corrected chi connectivity index (χ0v) is 33.8. The summed E-state index contributed by atoms with van der Waals surface area (Å²) >= 11 is 0. The molecule has 0 radical (unpaired) electrons. The quantitative estimate of drug-likeness (QED) is 0.105. The minimum absolute atomic E-state index is 0.0712. The second-order valence-electron chi connectivity index (χ2n) is 16.0. The minimum Gasteiger partial charge on any atom is -0.370 e. The maximum atomic E-state index is 13.8. The Hall–Kier alpha value is -7.29. The largest absolute Gasteiger partial charge is 0.416 e. The van der Waals surface area contributed by atoms with Crippen LogP contribution < -0.4 is 5.73 Å². The molecule has 66 heavy (non-hydrogen) atoms. The predicted octanol–water partition coefficient (Wildman–Crippen LogP) is 15.6. The minimum atomic E-state index is -5.04. The first-order valence-corrected chi connectivity index (χ1v) is 20.0. The van der Waals surface area contributed by atoms with Gasteiger partial charge in [0.05, 0.1) is 22.3 Å². The van der Waals surface area contributed by atoms with E-state index in [-0.39, 0.29) is 53.4 Å². The molecule has 0 aromatic heterocycles. The molecular formula is C51H31F12N3. The molecule has 3 N–H and O–H groups in total. The topological polar surface area (TPSA) is 53.1 Å². The van der Waals surface area contributed by atoms with Crippen LogP contribution >= 0.6 is 0 Å². The molecule has 0 saturated carbocycles. The number of nitrogens with zero attached hydrogens (tertiary/aromatic N) is 1. The molecule has 1 aliphatic heterocycles. The summed E-state index contributed by atoms with van der Waals surface area (Å²) in [5.41, 5.74) is 5.48. The van der Waals surface area contributed by atoms with Crippen LogP contribution in [0.25, 0.3) is 77.2 Å². The van der Waals surface area contributed by atoms with Crippen molar-refractivity contribution >= 4 is 27.5 Å². The molecule has 0 unspecified atom stereocenters. The molecular weight excluding hydrogens is 883 g/mol. The van der Waals surface area contributed by atoms with Crippen molar-refractivity contribution in [3.8, 4) is 55.6 Å². The van der Waals surface area contributed by atoms with E-state index in [1.807, 2.05) is 60.7 Å².